The summed E-state index contributed by atoms with van der Waals surface area (Å²) in [6, 6.07) is 0. The van der Waals surface area contributed by atoms with E-state index in [-0.39, 0.29) is 17.3 Å². The van der Waals surface area contributed by atoms with Gasteiger partial charge in [-0.2, -0.15) is 0 Å². The highest BCUT2D eigenvalue weighted by molar-refractivity contribution is 4.90. The third-order valence-corrected chi connectivity index (χ3v) is 3.72. The lowest BCUT2D eigenvalue weighted by Gasteiger charge is -2.47. The van der Waals surface area contributed by atoms with Crippen LogP contribution in [0.15, 0.2) is 0 Å². The molecular weight excluding hydrogens is 230 g/mol. The van der Waals surface area contributed by atoms with Gasteiger partial charge in [-0.3, -0.25) is 4.90 Å². The van der Waals surface area contributed by atoms with Crippen molar-refractivity contribution in [2.24, 2.45) is 5.92 Å². The van der Waals surface area contributed by atoms with E-state index in [0.29, 0.717) is 12.5 Å². The first-order valence-electron chi connectivity index (χ1n) is 6.96. The minimum atomic E-state index is -0.280. The zero-order valence-corrected chi connectivity index (χ0v) is 12.1. The molecule has 0 aromatic rings. The largest absolute Gasteiger partial charge is 0.391 e. The Bertz CT molecular complexity index is 269. The highest BCUT2D eigenvalue weighted by atomic mass is 16.5. The lowest BCUT2D eigenvalue weighted by Crippen LogP contribution is -2.58. The fourth-order valence-electron chi connectivity index (χ4n) is 3.34. The number of aliphatic hydroxyl groups is 1. The van der Waals surface area contributed by atoms with E-state index in [4.69, 9.17) is 9.47 Å². The maximum Gasteiger partial charge on any atom is 0.0760 e. The summed E-state index contributed by atoms with van der Waals surface area (Å²) in [5.74, 6) is 0.305. The van der Waals surface area contributed by atoms with Crippen molar-refractivity contribution in [2.75, 3.05) is 32.8 Å². The zero-order chi connectivity index (χ0) is 13.4. The van der Waals surface area contributed by atoms with Gasteiger partial charge in [-0.25, -0.2) is 0 Å². The van der Waals surface area contributed by atoms with E-state index in [9.17, 15) is 5.11 Å². The standard InChI is InChI=1S/C14H27NO3/c1-13(2)9-15(10-14(3,4)18-13)7-12(16)11-5-6-17-8-11/h11-12,16H,5-10H2,1-4H3. The van der Waals surface area contributed by atoms with Crippen LogP contribution in [-0.4, -0.2) is 60.2 Å². The first kappa shape index (κ1) is 14.3. The number of morpholine rings is 1. The molecule has 2 rings (SSSR count). The van der Waals surface area contributed by atoms with E-state index >= 15 is 0 Å². The fourth-order valence-corrected chi connectivity index (χ4v) is 3.34. The maximum absolute atomic E-state index is 10.3. The average Bonchev–Trinajstić information content (AvgIpc) is 2.63. The molecule has 2 fully saturated rings. The highest BCUT2D eigenvalue weighted by Gasteiger charge is 2.39. The first-order chi connectivity index (χ1) is 8.27. The quantitative estimate of drug-likeness (QED) is 0.827. The predicted octanol–water partition coefficient (Wildman–Crippen LogP) is 1.27. The molecule has 0 bridgehead atoms. The normalized spacial score (nSPS) is 33.5. The minimum absolute atomic E-state index is 0.145. The maximum atomic E-state index is 10.3. The summed E-state index contributed by atoms with van der Waals surface area (Å²) in [5, 5.41) is 10.3. The van der Waals surface area contributed by atoms with Crippen molar-refractivity contribution < 1.29 is 14.6 Å². The van der Waals surface area contributed by atoms with Crippen LogP contribution in [0, 0.1) is 5.92 Å². The molecule has 0 spiro atoms. The van der Waals surface area contributed by atoms with E-state index in [1.807, 2.05) is 0 Å². The fraction of sp³-hybridized carbons (Fsp3) is 1.00. The Balaban J connectivity index is 1.91. The molecule has 0 amide bonds. The molecule has 2 saturated heterocycles. The summed E-state index contributed by atoms with van der Waals surface area (Å²) < 4.78 is 11.4. The second-order valence-corrected chi connectivity index (χ2v) is 6.98. The van der Waals surface area contributed by atoms with Crippen molar-refractivity contribution in [3.8, 4) is 0 Å². The average molecular weight is 257 g/mol. The molecule has 2 unspecified atom stereocenters. The number of ether oxygens (including phenoxy) is 2. The topological polar surface area (TPSA) is 41.9 Å². The molecule has 0 saturated carbocycles. The third kappa shape index (κ3) is 3.67. The van der Waals surface area contributed by atoms with Crippen molar-refractivity contribution in [1.82, 2.24) is 4.90 Å². The summed E-state index contributed by atoms with van der Waals surface area (Å²) in [6.07, 6.45) is 0.704. The van der Waals surface area contributed by atoms with Crippen LogP contribution in [0.4, 0.5) is 0 Å². The summed E-state index contributed by atoms with van der Waals surface area (Å²) in [4.78, 5) is 2.33. The molecule has 4 heteroatoms. The van der Waals surface area contributed by atoms with Gasteiger partial charge in [0.25, 0.3) is 0 Å². The van der Waals surface area contributed by atoms with Crippen LogP contribution >= 0.6 is 0 Å². The van der Waals surface area contributed by atoms with E-state index in [2.05, 4.69) is 32.6 Å². The minimum Gasteiger partial charge on any atom is -0.391 e. The Morgan fingerprint density at radius 3 is 2.33 bits per heavy atom. The van der Waals surface area contributed by atoms with Crippen LogP contribution in [0.5, 0.6) is 0 Å². The van der Waals surface area contributed by atoms with E-state index in [1.165, 1.54) is 0 Å². The summed E-state index contributed by atoms with van der Waals surface area (Å²) in [6.45, 7) is 12.4. The summed E-state index contributed by atoms with van der Waals surface area (Å²) in [7, 11) is 0. The Morgan fingerprint density at radius 2 is 1.83 bits per heavy atom. The van der Waals surface area contributed by atoms with Crippen molar-refractivity contribution in [3.05, 3.63) is 0 Å². The SMILES string of the molecule is CC1(C)CN(CC(O)C2CCOC2)CC(C)(C)O1. The van der Waals surface area contributed by atoms with Gasteiger partial charge in [-0.1, -0.05) is 0 Å². The highest BCUT2D eigenvalue weighted by Crippen LogP contribution is 2.29. The smallest absolute Gasteiger partial charge is 0.0760 e. The summed E-state index contributed by atoms with van der Waals surface area (Å²) >= 11 is 0. The molecule has 18 heavy (non-hydrogen) atoms. The summed E-state index contributed by atoms with van der Waals surface area (Å²) in [5.41, 5.74) is -0.290. The molecule has 0 aromatic heterocycles. The molecule has 2 aliphatic heterocycles. The van der Waals surface area contributed by atoms with Gasteiger partial charge < -0.3 is 14.6 Å². The Morgan fingerprint density at radius 1 is 1.22 bits per heavy atom. The molecule has 0 aromatic carbocycles. The van der Waals surface area contributed by atoms with Gasteiger partial charge >= 0.3 is 0 Å². The van der Waals surface area contributed by atoms with Crippen LogP contribution in [0.25, 0.3) is 0 Å². The molecule has 106 valence electrons. The predicted molar refractivity (Wildman–Crippen MR) is 70.6 cm³/mol. The molecule has 0 radical (unpaired) electrons. The molecule has 1 N–H and O–H groups in total. The van der Waals surface area contributed by atoms with Crippen molar-refractivity contribution in [3.63, 3.8) is 0 Å². The Labute approximate surface area is 110 Å². The van der Waals surface area contributed by atoms with Crippen molar-refractivity contribution in [2.45, 2.75) is 51.4 Å². The van der Waals surface area contributed by atoms with Gasteiger partial charge in [-0.05, 0) is 34.1 Å². The third-order valence-electron chi connectivity index (χ3n) is 3.72. The Kier molecular flexibility index (Phi) is 4.02. The first-order valence-corrected chi connectivity index (χ1v) is 6.96. The number of nitrogens with zero attached hydrogens (tertiary/aromatic N) is 1. The van der Waals surface area contributed by atoms with Crippen LogP contribution in [-0.2, 0) is 9.47 Å². The van der Waals surface area contributed by atoms with E-state index in [1.54, 1.807) is 0 Å². The molecule has 2 heterocycles. The van der Waals surface area contributed by atoms with E-state index in [0.717, 1.165) is 32.7 Å². The molecule has 4 nitrogen and oxygen atoms in total. The molecule has 2 atom stereocenters. The molecule has 0 aliphatic carbocycles. The molecular formula is C14H27NO3. The number of aliphatic hydroxyl groups excluding tert-OH is 1. The van der Waals surface area contributed by atoms with Gasteiger partial charge in [0, 0.05) is 32.2 Å². The van der Waals surface area contributed by atoms with Crippen LogP contribution in [0.1, 0.15) is 34.1 Å². The van der Waals surface area contributed by atoms with Gasteiger partial charge in [0.1, 0.15) is 0 Å². The van der Waals surface area contributed by atoms with E-state index < -0.39 is 0 Å². The van der Waals surface area contributed by atoms with Crippen LogP contribution < -0.4 is 0 Å². The number of β-amino-alcohol motifs (C(OH)–C–C–N with tert-alkyl or cyclic N) is 1. The monoisotopic (exact) mass is 257 g/mol. The Hall–Kier alpha value is -0.160. The second kappa shape index (κ2) is 5.08. The van der Waals surface area contributed by atoms with Crippen molar-refractivity contribution >= 4 is 0 Å². The van der Waals surface area contributed by atoms with Gasteiger partial charge in [0.15, 0.2) is 0 Å². The number of hydrogen-bond acceptors (Lipinski definition) is 4. The van der Waals surface area contributed by atoms with Gasteiger partial charge in [-0.15, -0.1) is 0 Å². The molecule has 2 aliphatic rings. The van der Waals surface area contributed by atoms with Gasteiger partial charge in [0.05, 0.1) is 23.9 Å². The number of rotatable bonds is 3. The van der Waals surface area contributed by atoms with Crippen LogP contribution in [0.3, 0.4) is 0 Å². The number of hydrogen-bond donors (Lipinski definition) is 1. The zero-order valence-electron chi connectivity index (χ0n) is 12.1. The van der Waals surface area contributed by atoms with Crippen LogP contribution in [0.2, 0.25) is 0 Å². The lowest BCUT2D eigenvalue weighted by atomic mass is 9.96. The second-order valence-electron chi connectivity index (χ2n) is 6.98. The van der Waals surface area contributed by atoms with Crippen molar-refractivity contribution in [1.29, 1.82) is 0 Å². The lowest BCUT2D eigenvalue weighted by molar-refractivity contribution is -0.184. The van der Waals surface area contributed by atoms with Gasteiger partial charge in [0.2, 0.25) is 0 Å².